The van der Waals surface area contributed by atoms with E-state index >= 15 is 0 Å². The van der Waals surface area contributed by atoms with Crippen LogP contribution in [0.2, 0.25) is 0 Å². The van der Waals surface area contributed by atoms with E-state index in [1.165, 1.54) is 6.92 Å². The van der Waals surface area contributed by atoms with Crippen LogP contribution in [0.4, 0.5) is 0 Å². The Bertz CT molecular complexity index is 812. The third-order valence-corrected chi connectivity index (χ3v) is 4.43. The van der Waals surface area contributed by atoms with E-state index in [1.54, 1.807) is 30.3 Å². The summed E-state index contributed by atoms with van der Waals surface area (Å²) in [4.78, 5) is 52.1. The summed E-state index contributed by atoms with van der Waals surface area (Å²) in [7, 11) is 0. The van der Waals surface area contributed by atoms with Crippen molar-refractivity contribution in [1.29, 1.82) is 0 Å². The number of nitrogens with one attached hydrogen (secondary N) is 3. The van der Waals surface area contributed by atoms with Crippen LogP contribution >= 0.6 is 0 Å². The van der Waals surface area contributed by atoms with Gasteiger partial charge in [0, 0.05) is 13.0 Å². The summed E-state index contributed by atoms with van der Waals surface area (Å²) in [6, 6.07) is 5.65. The number of nitrogens with two attached hydrogens (primary N) is 3. The summed E-state index contributed by atoms with van der Waals surface area (Å²) in [6.45, 7) is 1.35. The number of amides is 3. The first kappa shape index (κ1) is 26.4. The summed E-state index contributed by atoms with van der Waals surface area (Å²) in [5.74, 6) is -3.13. The van der Waals surface area contributed by atoms with Crippen LogP contribution in [0.3, 0.4) is 0 Å². The summed E-state index contributed by atoms with van der Waals surface area (Å²) in [5, 5.41) is 16.8. The summed E-state index contributed by atoms with van der Waals surface area (Å²) < 4.78 is 0. The number of nitrogens with zero attached hydrogens (tertiary/aromatic N) is 1. The number of carbonyl (C=O) groups excluding carboxylic acids is 3. The maximum atomic E-state index is 12.6. The highest BCUT2D eigenvalue weighted by molar-refractivity contribution is 5.93. The number of rotatable bonds is 13. The minimum Gasteiger partial charge on any atom is -0.480 e. The monoisotopic (exact) mass is 449 g/mol. The van der Waals surface area contributed by atoms with E-state index in [2.05, 4.69) is 20.9 Å². The molecule has 0 bridgehead atoms. The van der Waals surface area contributed by atoms with E-state index in [9.17, 15) is 24.3 Å². The van der Waals surface area contributed by atoms with Crippen molar-refractivity contribution >= 4 is 29.7 Å². The quantitative estimate of drug-likeness (QED) is 0.0993. The molecule has 0 radical (unpaired) electrons. The maximum absolute atomic E-state index is 12.6. The van der Waals surface area contributed by atoms with Gasteiger partial charge in [-0.05, 0) is 25.3 Å². The lowest BCUT2D eigenvalue weighted by Gasteiger charge is -2.22. The van der Waals surface area contributed by atoms with Crippen molar-refractivity contribution in [3.8, 4) is 0 Å². The zero-order valence-electron chi connectivity index (χ0n) is 17.9. The van der Waals surface area contributed by atoms with Gasteiger partial charge in [0.15, 0.2) is 5.96 Å². The Morgan fingerprint density at radius 1 is 1.00 bits per heavy atom. The van der Waals surface area contributed by atoms with Gasteiger partial charge in [0.25, 0.3) is 0 Å². The number of benzene rings is 1. The van der Waals surface area contributed by atoms with Gasteiger partial charge in [0.05, 0.1) is 6.54 Å². The minimum atomic E-state index is -1.20. The molecule has 10 N–H and O–H groups in total. The van der Waals surface area contributed by atoms with Crippen LogP contribution in [0.1, 0.15) is 25.3 Å². The van der Waals surface area contributed by atoms with Gasteiger partial charge < -0.3 is 38.3 Å². The Labute approximate surface area is 186 Å². The number of aliphatic carboxylic acids is 1. The lowest BCUT2D eigenvalue weighted by molar-refractivity contribution is -0.142. The number of hydrogen-bond donors (Lipinski definition) is 7. The number of hydrogen-bond acceptors (Lipinski definition) is 6. The van der Waals surface area contributed by atoms with E-state index in [1.807, 2.05) is 0 Å². The Morgan fingerprint density at radius 3 is 2.22 bits per heavy atom. The second kappa shape index (κ2) is 13.6. The molecule has 0 spiro atoms. The molecule has 0 aliphatic heterocycles. The topological polar surface area (TPSA) is 215 Å². The van der Waals surface area contributed by atoms with Gasteiger partial charge in [-0.2, -0.15) is 0 Å². The standard InChI is InChI=1S/C20H31N7O5/c1-12(17(29)27-15(19(31)32)10-13-6-3-2-4-7-13)25-18(30)14(26-16(28)11-21)8-5-9-24-20(22)23/h2-4,6-7,12,14-15H,5,8-11,21H2,1H3,(H,25,30)(H,26,28)(H,27,29)(H,31,32)(H4,22,23,24)/t12-,14-,15-/m0/s1. The minimum absolute atomic E-state index is 0.0859. The van der Waals surface area contributed by atoms with E-state index in [4.69, 9.17) is 17.2 Å². The highest BCUT2D eigenvalue weighted by Crippen LogP contribution is 2.04. The molecule has 0 heterocycles. The van der Waals surface area contributed by atoms with E-state index in [0.717, 1.165) is 5.56 Å². The third kappa shape index (κ3) is 9.89. The van der Waals surface area contributed by atoms with Crippen molar-refractivity contribution in [3.63, 3.8) is 0 Å². The second-order valence-electron chi connectivity index (χ2n) is 7.09. The summed E-state index contributed by atoms with van der Waals surface area (Å²) in [5.41, 5.74) is 16.5. The van der Waals surface area contributed by atoms with Crippen molar-refractivity contribution < 1.29 is 24.3 Å². The SMILES string of the molecule is C[C@H](NC(=O)[C@H](CCCN=C(N)N)NC(=O)CN)C(=O)N[C@@H](Cc1ccccc1)C(=O)O. The van der Waals surface area contributed by atoms with Crippen molar-refractivity contribution in [2.75, 3.05) is 13.1 Å². The first-order valence-corrected chi connectivity index (χ1v) is 10.1. The van der Waals surface area contributed by atoms with Gasteiger partial charge in [-0.3, -0.25) is 19.4 Å². The molecule has 3 amide bonds. The Morgan fingerprint density at radius 2 is 1.66 bits per heavy atom. The third-order valence-electron chi connectivity index (χ3n) is 4.43. The average Bonchev–Trinajstić information content (AvgIpc) is 2.75. The van der Waals surface area contributed by atoms with Gasteiger partial charge in [0.1, 0.15) is 18.1 Å². The van der Waals surface area contributed by atoms with Gasteiger partial charge >= 0.3 is 5.97 Å². The van der Waals surface area contributed by atoms with Crippen LogP contribution in [0.5, 0.6) is 0 Å². The first-order valence-electron chi connectivity index (χ1n) is 10.1. The van der Waals surface area contributed by atoms with Crippen LogP contribution in [-0.4, -0.2) is 66.0 Å². The Hall–Kier alpha value is -3.67. The maximum Gasteiger partial charge on any atom is 0.326 e. The van der Waals surface area contributed by atoms with Crippen molar-refractivity contribution in [2.24, 2.45) is 22.2 Å². The fourth-order valence-electron chi connectivity index (χ4n) is 2.75. The van der Waals surface area contributed by atoms with Gasteiger partial charge in [-0.1, -0.05) is 30.3 Å². The highest BCUT2D eigenvalue weighted by atomic mass is 16.4. The fourth-order valence-corrected chi connectivity index (χ4v) is 2.75. The van der Waals surface area contributed by atoms with Crippen molar-refractivity contribution in [2.45, 2.75) is 44.3 Å². The molecule has 0 aliphatic rings. The van der Waals surface area contributed by atoms with E-state index in [-0.39, 0.29) is 31.9 Å². The molecule has 0 fully saturated rings. The van der Waals surface area contributed by atoms with Crippen molar-refractivity contribution in [3.05, 3.63) is 35.9 Å². The number of carboxylic acids is 1. The zero-order chi connectivity index (χ0) is 24.1. The fraction of sp³-hybridized carbons (Fsp3) is 0.450. The van der Waals surface area contributed by atoms with Crippen LogP contribution in [0.25, 0.3) is 0 Å². The van der Waals surface area contributed by atoms with Crippen LogP contribution in [0, 0.1) is 0 Å². The number of aliphatic imine (C=N–C) groups is 1. The normalized spacial score (nSPS) is 13.2. The molecule has 0 aliphatic carbocycles. The largest absolute Gasteiger partial charge is 0.480 e. The molecule has 176 valence electrons. The average molecular weight is 450 g/mol. The molecule has 0 unspecified atom stereocenters. The molecular formula is C20H31N7O5. The molecule has 1 aromatic rings. The van der Waals surface area contributed by atoms with Crippen LogP contribution < -0.4 is 33.2 Å². The smallest absolute Gasteiger partial charge is 0.326 e. The highest BCUT2D eigenvalue weighted by Gasteiger charge is 2.27. The van der Waals surface area contributed by atoms with Crippen molar-refractivity contribution in [1.82, 2.24) is 16.0 Å². The van der Waals surface area contributed by atoms with Crippen LogP contribution in [0.15, 0.2) is 35.3 Å². The van der Waals surface area contributed by atoms with E-state index < -0.39 is 41.8 Å². The Balaban J connectivity index is 2.72. The lowest BCUT2D eigenvalue weighted by atomic mass is 10.1. The zero-order valence-corrected chi connectivity index (χ0v) is 17.9. The number of carboxylic acid groups (broad SMARTS) is 1. The van der Waals surface area contributed by atoms with Crippen LogP contribution in [-0.2, 0) is 25.6 Å². The predicted molar refractivity (Wildman–Crippen MR) is 118 cm³/mol. The second-order valence-corrected chi connectivity index (χ2v) is 7.09. The summed E-state index contributed by atoms with van der Waals surface area (Å²) in [6.07, 6.45) is 0.677. The molecule has 1 rings (SSSR count). The van der Waals surface area contributed by atoms with E-state index in [0.29, 0.717) is 6.42 Å². The molecule has 12 nitrogen and oxygen atoms in total. The van der Waals surface area contributed by atoms with Gasteiger partial charge in [-0.25, -0.2) is 4.79 Å². The number of carbonyl (C=O) groups is 4. The Kier molecular flexibility index (Phi) is 11.2. The summed E-state index contributed by atoms with van der Waals surface area (Å²) >= 11 is 0. The molecular weight excluding hydrogens is 418 g/mol. The molecule has 1 aromatic carbocycles. The molecule has 3 atom stereocenters. The van der Waals surface area contributed by atoms with Gasteiger partial charge in [0.2, 0.25) is 17.7 Å². The number of guanidine groups is 1. The molecule has 0 saturated carbocycles. The predicted octanol–water partition coefficient (Wildman–Crippen LogP) is -2.20. The molecule has 0 saturated heterocycles. The molecule has 12 heteroatoms. The first-order chi connectivity index (χ1) is 15.1. The molecule has 0 aromatic heterocycles. The lowest BCUT2D eigenvalue weighted by Crippen LogP contribution is -2.55. The van der Waals surface area contributed by atoms with Gasteiger partial charge in [-0.15, -0.1) is 0 Å². The molecule has 32 heavy (non-hydrogen) atoms.